The zero-order valence-electron chi connectivity index (χ0n) is 16.0. The largest absolute Gasteiger partial charge is 0.298 e. The van der Waals surface area contributed by atoms with E-state index in [0.717, 1.165) is 24.8 Å². The highest BCUT2D eigenvalue weighted by Gasteiger charge is 2.26. The number of halogens is 1. The number of thiazole rings is 1. The Bertz CT molecular complexity index is 1150. The van der Waals surface area contributed by atoms with Crippen molar-refractivity contribution in [2.75, 3.05) is 18.4 Å². The van der Waals surface area contributed by atoms with Crippen molar-refractivity contribution in [2.45, 2.75) is 24.2 Å². The molecule has 0 spiro atoms. The Morgan fingerprint density at radius 2 is 1.80 bits per heavy atom. The second-order valence-corrected chi connectivity index (χ2v) is 9.79. The molecule has 1 saturated heterocycles. The maximum atomic E-state index is 13.1. The molecule has 0 saturated carbocycles. The van der Waals surface area contributed by atoms with E-state index in [1.807, 2.05) is 0 Å². The molecule has 0 bridgehead atoms. The molecule has 1 amide bonds. The van der Waals surface area contributed by atoms with E-state index in [-0.39, 0.29) is 16.3 Å². The molecule has 1 aliphatic rings. The van der Waals surface area contributed by atoms with Gasteiger partial charge in [0.1, 0.15) is 5.82 Å². The zero-order valence-corrected chi connectivity index (χ0v) is 17.7. The van der Waals surface area contributed by atoms with E-state index in [1.165, 1.54) is 39.9 Å². The van der Waals surface area contributed by atoms with Gasteiger partial charge in [-0.1, -0.05) is 12.5 Å². The van der Waals surface area contributed by atoms with Crippen LogP contribution in [0.1, 0.15) is 29.6 Å². The van der Waals surface area contributed by atoms with E-state index in [0.29, 0.717) is 23.9 Å². The molecule has 0 unspecified atom stereocenters. The van der Waals surface area contributed by atoms with Gasteiger partial charge >= 0.3 is 0 Å². The summed E-state index contributed by atoms with van der Waals surface area (Å²) >= 11 is 1.24. The third kappa shape index (κ3) is 4.43. The van der Waals surface area contributed by atoms with E-state index in [2.05, 4.69) is 10.3 Å². The van der Waals surface area contributed by atoms with Crippen molar-refractivity contribution < 1.29 is 17.6 Å². The number of hydrogen-bond donors (Lipinski definition) is 1. The van der Waals surface area contributed by atoms with E-state index < -0.39 is 15.9 Å². The van der Waals surface area contributed by atoms with Gasteiger partial charge < -0.3 is 0 Å². The fourth-order valence-corrected chi connectivity index (χ4v) is 5.58. The van der Waals surface area contributed by atoms with Gasteiger partial charge in [0.25, 0.3) is 5.91 Å². The lowest BCUT2D eigenvalue weighted by Gasteiger charge is -2.26. The van der Waals surface area contributed by atoms with Crippen molar-refractivity contribution in [1.29, 1.82) is 0 Å². The van der Waals surface area contributed by atoms with Crippen molar-refractivity contribution in [3.05, 3.63) is 65.3 Å². The monoisotopic (exact) mass is 445 g/mol. The summed E-state index contributed by atoms with van der Waals surface area (Å²) in [6, 6.07) is 12.0. The topological polar surface area (TPSA) is 79.4 Å². The Balaban J connectivity index is 1.50. The Morgan fingerprint density at radius 1 is 1.07 bits per heavy atom. The number of aromatic nitrogens is 1. The Hall–Kier alpha value is -2.62. The molecule has 30 heavy (non-hydrogen) atoms. The van der Waals surface area contributed by atoms with Gasteiger partial charge in [-0.2, -0.15) is 4.31 Å². The average molecular weight is 446 g/mol. The third-order valence-electron chi connectivity index (χ3n) is 4.91. The van der Waals surface area contributed by atoms with Gasteiger partial charge in [0.2, 0.25) is 10.0 Å². The summed E-state index contributed by atoms with van der Waals surface area (Å²) in [7, 11) is -3.62. The first-order chi connectivity index (χ1) is 14.4. The normalized spacial score (nSPS) is 15.1. The van der Waals surface area contributed by atoms with Crippen LogP contribution in [0.25, 0.3) is 11.3 Å². The number of carbonyl (C=O) groups excluding carboxylic acids is 1. The third-order valence-corrected chi connectivity index (χ3v) is 7.57. The molecule has 1 fully saturated rings. The highest BCUT2D eigenvalue weighted by molar-refractivity contribution is 7.89. The van der Waals surface area contributed by atoms with Crippen LogP contribution in [0.3, 0.4) is 0 Å². The quantitative estimate of drug-likeness (QED) is 0.632. The van der Waals surface area contributed by atoms with Crippen LogP contribution in [0.2, 0.25) is 0 Å². The molecule has 9 heteroatoms. The van der Waals surface area contributed by atoms with Crippen molar-refractivity contribution >= 4 is 32.4 Å². The van der Waals surface area contributed by atoms with Crippen LogP contribution in [0.5, 0.6) is 0 Å². The minimum absolute atomic E-state index is 0.114. The van der Waals surface area contributed by atoms with Crippen LogP contribution in [0, 0.1) is 5.82 Å². The Labute approximate surface area is 178 Å². The van der Waals surface area contributed by atoms with Crippen LogP contribution in [0.15, 0.2) is 58.8 Å². The molecule has 1 aromatic heterocycles. The first-order valence-electron chi connectivity index (χ1n) is 9.56. The van der Waals surface area contributed by atoms with E-state index in [9.17, 15) is 17.6 Å². The minimum Gasteiger partial charge on any atom is -0.298 e. The molecule has 156 valence electrons. The highest BCUT2D eigenvalue weighted by atomic mass is 32.2. The summed E-state index contributed by atoms with van der Waals surface area (Å²) in [5, 5.41) is 4.85. The molecule has 0 atom stereocenters. The summed E-state index contributed by atoms with van der Waals surface area (Å²) in [4.78, 5) is 17.1. The summed E-state index contributed by atoms with van der Waals surface area (Å²) < 4.78 is 40.3. The number of piperidine rings is 1. The van der Waals surface area contributed by atoms with Gasteiger partial charge in [0, 0.05) is 29.6 Å². The molecule has 4 rings (SSSR count). The maximum Gasteiger partial charge on any atom is 0.257 e. The number of anilines is 1. The zero-order chi connectivity index (χ0) is 21.1. The minimum atomic E-state index is -3.62. The van der Waals surface area contributed by atoms with E-state index in [1.54, 1.807) is 29.6 Å². The van der Waals surface area contributed by atoms with Crippen molar-refractivity contribution in [2.24, 2.45) is 0 Å². The van der Waals surface area contributed by atoms with Gasteiger partial charge in [0.15, 0.2) is 5.13 Å². The standard InChI is InChI=1S/C21H20FN3O3S2/c22-17-9-7-15(8-10-17)19-14-29-21(23-19)24-20(26)16-5-4-6-18(13-16)30(27,28)25-11-2-1-3-12-25/h4-10,13-14H,1-3,11-12H2,(H,23,24,26). The molecular formula is C21H20FN3O3S2. The Morgan fingerprint density at radius 3 is 2.53 bits per heavy atom. The summed E-state index contributed by atoms with van der Waals surface area (Å²) in [6.07, 6.45) is 2.72. The molecule has 1 aliphatic heterocycles. The van der Waals surface area contributed by atoms with Crippen molar-refractivity contribution in [3.8, 4) is 11.3 Å². The number of rotatable bonds is 5. The predicted molar refractivity (Wildman–Crippen MR) is 115 cm³/mol. The summed E-state index contributed by atoms with van der Waals surface area (Å²) in [5.74, 6) is -0.771. The number of carbonyl (C=O) groups is 1. The van der Waals surface area contributed by atoms with Gasteiger partial charge in [-0.05, 0) is 55.3 Å². The lowest BCUT2D eigenvalue weighted by atomic mass is 10.2. The van der Waals surface area contributed by atoms with Crippen LogP contribution < -0.4 is 5.32 Å². The molecule has 3 aromatic rings. The summed E-state index contributed by atoms with van der Waals surface area (Å²) in [5.41, 5.74) is 1.60. The number of amides is 1. The molecule has 2 aromatic carbocycles. The summed E-state index contributed by atoms with van der Waals surface area (Å²) in [6.45, 7) is 1.01. The fourth-order valence-electron chi connectivity index (χ4n) is 3.31. The lowest BCUT2D eigenvalue weighted by molar-refractivity contribution is 0.102. The molecule has 6 nitrogen and oxygen atoms in total. The predicted octanol–water partition coefficient (Wildman–Crippen LogP) is 4.38. The van der Waals surface area contributed by atoms with Gasteiger partial charge in [-0.25, -0.2) is 17.8 Å². The van der Waals surface area contributed by atoms with Gasteiger partial charge in [0.05, 0.1) is 10.6 Å². The second-order valence-electron chi connectivity index (χ2n) is 6.99. The van der Waals surface area contributed by atoms with Crippen LogP contribution >= 0.6 is 11.3 Å². The number of benzene rings is 2. The Kier molecular flexibility index (Phi) is 5.94. The highest BCUT2D eigenvalue weighted by Crippen LogP contribution is 2.26. The van der Waals surface area contributed by atoms with Crippen molar-refractivity contribution in [1.82, 2.24) is 9.29 Å². The molecule has 2 heterocycles. The molecule has 1 N–H and O–H groups in total. The number of sulfonamides is 1. The molecule has 0 aliphatic carbocycles. The average Bonchev–Trinajstić information content (AvgIpc) is 3.23. The molecule has 0 radical (unpaired) electrons. The fraction of sp³-hybridized carbons (Fsp3) is 0.238. The smallest absolute Gasteiger partial charge is 0.257 e. The SMILES string of the molecule is O=C(Nc1nc(-c2ccc(F)cc2)cs1)c1cccc(S(=O)(=O)N2CCCCC2)c1. The first-order valence-corrected chi connectivity index (χ1v) is 11.9. The van der Waals surface area contributed by atoms with Crippen LogP contribution in [-0.4, -0.2) is 36.7 Å². The second kappa shape index (κ2) is 8.63. The lowest BCUT2D eigenvalue weighted by Crippen LogP contribution is -2.35. The molecular weight excluding hydrogens is 425 g/mol. The maximum absolute atomic E-state index is 13.1. The van der Waals surface area contributed by atoms with E-state index in [4.69, 9.17) is 0 Å². The van der Waals surface area contributed by atoms with Crippen molar-refractivity contribution in [3.63, 3.8) is 0 Å². The number of nitrogens with one attached hydrogen (secondary N) is 1. The van der Waals surface area contributed by atoms with Crippen LogP contribution in [0.4, 0.5) is 9.52 Å². The van der Waals surface area contributed by atoms with Gasteiger partial charge in [-0.3, -0.25) is 10.1 Å². The van der Waals surface area contributed by atoms with Gasteiger partial charge in [-0.15, -0.1) is 11.3 Å². The number of nitrogens with zero attached hydrogens (tertiary/aromatic N) is 2. The number of hydrogen-bond acceptors (Lipinski definition) is 5. The van der Waals surface area contributed by atoms with E-state index >= 15 is 0 Å². The first kappa shape index (κ1) is 20.6. The van der Waals surface area contributed by atoms with Crippen LogP contribution in [-0.2, 0) is 10.0 Å².